The molecule has 1 fully saturated rings. The molecule has 0 bridgehead atoms. The van der Waals surface area contributed by atoms with Gasteiger partial charge >= 0.3 is 5.97 Å². The van der Waals surface area contributed by atoms with Crippen molar-refractivity contribution in [3.63, 3.8) is 0 Å². The van der Waals surface area contributed by atoms with Crippen LogP contribution in [0.4, 0.5) is 5.69 Å². The summed E-state index contributed by atoms with van der Waals surface area (Å²) in [5.74, 6) is -0.819. The quantitative estimate of drug-likeness (QED) is 0.409. The van der Waals surface area contributed by atoms with Crippen molar-refractivity contribution in [2.24, 2.45) is 0 Å². The highest BCUT2D eigenvalue weighted by Gasteiger charge is 2.29. The van der Waals surface area contributed by atoms with Crippen molar-refractivity contribution >= 4 is 28.8 Å². The summed E-state index contributed by atoms with van der Waals surface area (Å²) in [4.78, 5) is 19.0. The summed E-state index contributed by atoms with van der Waals surface area (Å²) in [5, 5.41) is 13.8. The molecule has 192 valence electrons. The van der Waals surface area contributed by atoms with E-state index in [0.29, 0.717) is 0 Å². The van der Waals surface area contributed by atoms with E-state index in [9.17, 15) is 9.90 Å². The lowest BCUT2D eigenvalue weighted by Gasteiger charge is -2.30. The number of carboxylic acids is 1. The Balaban J connectivity index is 1.27. The molecule has 0 spiro atoms. The summed E-state index contributed by atoms with van der Waals surface area (Å²) < 4.78 is 0. The summed E-state index contributed by atoms with van der Waals surface area (Å²) in [7, 11) is 0. The molecule has 1 aliphatic heterocycles. The standard InChI is InChI=1S/C31H34ClN3O2/c1-31(2,30(36)37)24-6-3-7-26(20-24)33-15-18-35-16-12-21(13-17-35)28-27-11-10-25(32)19-23(27)9-8-22-5-4-14-34-29(22)28/h3-7,10-11,14,19-20,33H,8-9,12-13,15-18H2,1-2H3,(H,36,37). The van der Waals surface area contributed by atoms with E-state index in [1.54, 1.807) is 13.8 Å². The first kappa shape index (κ1) is 25.5. The van der Waals surface area contributed by atoms with Gasteiger partial charge in [0.15, 0.2) is 0 Å². The summed E-state index contributed by atoms with van der Waals surface area (Å²) >= 11 is 6.36. The molecule has 1 aromatic heterocycles. The highest BCUT2D eigenvalue weighted by molar-refractivity contribution is 6.30. The van der Waals surface area contributed by atoms with Gasteiger partial charge in [-0.3, -0.25) is 9.78 Å². The maximum atomic E-state index is 11.6. The Kier molecular flexibility index (Phi) is 7.36. The zero-order valence-corrected chi connectivity index (χ0v) is 22.3. The molecule has 1 saturated heterocycles. The van der Waals surface area contributed by atoms with Gasteiger partial charge in [0.05, 0.1) is 11.1 Å². The number of nitrogens with zero attached hydrogens (tertiary/aromatic N) is 2. The highest BCUT2D eigenvalue weighted by atomic mass is 35.5. The van der Waals surface area contributed by atoms with Gasteiger partial charge < -0.3 is 15.3 Å². The first-order chi connectivity index (χ1) is 17.8. The molecule has 5 nitrogen and oxygen atoms in total. The molecule has 6 heteroatoms. The van der Waals surface area contributed by atoms with Crippen molar-refractivity contribution in [2.45, 2.75) is 44.9 Å². The van der Waals surface area contributed by atoms with E-state index in [2.05, 4.69) is 28.4 Å². The normalized spacial score (nSPS) is 16.1. The summed E-state index contributed by atoms with van der Waals surface area (Å²) in [6.45, 7) is 7.26. The topological polar surface area (TPSA) is 65.5 Å². The second-order valence-corrected chi connectivity index (χ2v) is 11.0. The summed E-state index contributed by atoms with van der Waals surface area (Å²) in [6.07, 6.45) is 5.92. The lowest BCUT2D eigenvalue weighted by atomic mass is 9.84. The number of aliphatic carboxylic acids is 1. The minimum Gasteiger partial charge on any atom is -0.481 e. The van der Waals surface area contributed by atoms with E-state index in [-0.39, 0.29) is 0 Å². The average Bonchev–Trinajstić information content (AvgIpc) is 3.06. The maximum Gasteiger partial charge on any atom is 0.313 e. The van der Waals surface area contributed by atoms with Gasteiger partial charge in [-0.2, -0.15) is 0 Å². The fourth-order valence-electron chi connectivity index (χ4n) is 5.43. The highest BCUT2D eigenvalue weighted by Crippen LogP contribution is 2.38. The number of benzene rings is 2. The number of halogens is 1. The third-order valence-electron chi connectivity index (χ3n) is 7.82. The van der Waals surface area contributed by atoms with Crippen molar-refractivity contribution in [3.05, 3.63) is 99.3 Å². The van der Waals surface area contributed by atoms with Crippen LogP contribution in [0.1, 0.15) is 54.6 Å². The smallest absolute Gasteiger partial charge is 0.313 e. The lowest BCUT2D eigenvalue weighted by molar-refractivity contribution is -0.142. The van der Waals surface area contributed by atoms with Gasteiger partial charge in [0.1, 0.15) is 0 Å². The fraction of sp³-hybridized carbons (Fsp3) is 0.355. The zero-order valence-electron chi connectivity index (χ0n) is 21.6. The Morgan fingerprint density at radius 3 is 2.59 bits per heavy atom. The number of anilines is 1. The number of hydrogen-bond donors (Lipinski definition) is 2. The second kappa shape index (κ2) is 10.7. The molecule has 0 unspecified atom stereocenters. The third kappa shape index (κ3) is 5.43. The van der Waals surface area contributed by atoms with E-state index in [4.69, 9.17) is 16.6 Å². The van der Waals surface area contributed by atoms with Crippen molar-refractivity contribution in [3.8, 4) is 0 Å². The second-order valence-electron chi connectivity index (χ2n) is 10.6. The van der Waals surface area contributed by atoms with Crippen LogP contribution < -0.4 is 5.32 Å². The number of hydrogen-bond acceptors (Lipinski definition) is 4. The number of nitrogens with one attached hydrogen (secondary N) is 1. The molecule has 0 saturated carbocycles. The van der Waals surface area contributed by atoms with Crippen LogP contribution >= 0.6 is 11.6 Å². The van der Waals surface area contributed by atoms with Gasteiger partial charge in [0.2, 0.25) is 0 Å². The molecule has 0 radical (unpaired) electrons. The van der Waals surface area contributed by atoms with Crippen LogP contribution in [-0.2, 0) is 23.1 Å². The third-order valence-corrected chi connectivity index (χ3v) is 8.05. The van der Waals surface area contributed by atoms with Crippen LogP contribution in [0, 0.1) is 0 Å². The summed E-state index contributed by atoms with van der Waals surface area (Å²) in [5.41, 5.74) is 8.71. The first-order valence-electron chi connectivity index (χ1n) is 13.1. The monoisotopic (exact) mass is 515 g/mol. The van der Waals surface area contributed by atoms with Gasteiger partial charge in [-0.1, -0.05) is 41.4 Å². The molecule has 3 aromatic rings. The number of likely N-dealkylation sites (tertiary alicyclic amines) is 1. The van der Waals surface area contributed by atoms with Crippen molar-refractivity contribution in [2.75, 3.05) is 31.5 Å². The van der Waals surface area contributed by atoms with Crippen molar-refractivity contribution in [1.29, 1.82) is 0 Å². The molecule has 0 atom stereocenters. The molecular formula is C31H34ClN3O2. The number of aryl methyl sites for hydroxylation is 2. The minimum absolute atomic E-state index is 0.793. The fourth-order valence-corrected chi connectivity index (χ4v) is 5.62. The Hall–Kier alpha value is -3.15. The van der Waals surface area contributed by atoms with Crippen LogP contribution in [0.2, 0.25) is 5.02 Å². The van der Waals surface area contributed by atoms with Crippen LogP contribution in [0.15, 0.2) is 66.4 Å². The molecule has 0 amide bonds. The van der Waals surface area contributed by atoms with Gasteiger partial charge in [-0.15, -0.1) is 0 Å². The van der Waals surface area contributed by atoms with Crippen LogP contribution in [0.3, 0.4) is 0 Å². The molecule has 37 heavy (non-hydrogen) atoms. The first-order valence-corrected chi connectivity index (χ1v) is 13.5. The number of carbonyl (C=O) groups is 1. The van der Waals surface area contributed by atoms with E-state index in [0.717, 1.165) is 73.8 Å². The largest absolute Gasteiger partial charge is 0.481 e. The average molecular weight is 516 g/mol. The van der Waals surface area contributed by atoms with Crippen LogP contribution in [-0.4, -0.2) is 47.1 Å². The molecule has 2 N–H and O–H groups in total. The number of rotatable bonds is 6. The van der Waals surface area contributed by atoms with Crippen LogP contribution in [0.25, 0.3) is 5.57 Å². The zero-order chi connectivity index (χ0) is 26.0. The number of fused-ring (bicyclic) bond motifs is 2. The Morgan fingerprint density at radius 1 is 1.03 bits per heavy atom. The summed E-state index contributed by atoms with van der Waals surface area (Å²) in [6, 6.07) is 18.3. The van der Waals surface area contributed by atoms with E-state index in [1.807, 2.05) is 42.6 Å². The molecule has 1 aliphatic carbocycles. The van der Waals surface area contributed by atoms with Gasteiger partial charge in [-0.05, 0) is 92.1 Å². The predicted molar refractivity (Wildman–Crippen MR) is 150 cm³/mol. The van der Waals surface area contributed by atoms with Crippen LogP contribution in [0.5, 0.6) is 0 Å². The number of aromatic nitrogens is 1. The van der Waals surface area contributed by atoms with Gasteiger partial charge in [0.25, 0.3) is 0 Å². The molecule has 2 aromatic carbocycles. The predicted octanol–water partition coefficient (Wildman–Crippen LogP) is 6.21. The van der Waals surface area contributed by atoms with Gasteiger partial charge in [-0.25, -0.2) is 0 Å². The Labute approximate surface area is 224 Å². The molecule has 2 aliphatic rings. The maximum absolute atomic E-state index is 11.6. The minimum atomic E-state index is -0.913. The van der Waals surface area contributed by atoms with Crippen molar-refractivity contribution < 1.29 is 9.90 Å². The SMILES string of the molecule is CC(C)(C(=O)O)c1cccc(NCCN2CCC(=C3c4ccc(Cl)cc4CCc4cccnc43)CC2)c1. The van der Waals surface area contributed by atoms with E-state index < -0.39 is 11.4 Å². The Bertz CT molecular complexity index is 1340. The van der Waals surface area contributed by atoms with Gasteiger partial charge in [0, 0.05) is 48.7 Å². The Morgan fingerprint density at radius 2 is 1.81 bits per heavy atom. The number of piperidine rings is 1. The molecule has 2 heterocycles. The van der Waals surface area contributed by atoms with Crippen molar-refractivity contribution in [1.82, 2.24) is 9.88 Å². The number of pyridine rings is 1. The lowest BCUT2D eigenvalue weighted by Crippen LogP contribution is -2.35. The van der Waals surface area contributed by atoms with E-state index in [1.165, 1.54) is 27.8 Å². The molecular weight excluding hydrogens is 482 g/mol. The molecule has 5 rings (SSSR count). The van der Waals surface area contributed by atoms with E-state index >= 15 is 0 Å². The number of carboxylic acid groups (broad SMARTS) is 1.